The topological polar surface area (TPSA) is 90.9 Å². The van der Waals surface area contributed by atoms with Crippen LogP contribution in [0.3, 0.4) is 0 Å². The summed E-state index contributed by atoms with van der Waals surface area (Å²) in [5.74, 6) is 0.142. The number of carbonyl (C=O) groups excluding carboxylic acids is 2. The van der Waals surface area contributed by atoms with Crippen LogP contribution in [-0.2, 0) is 9.53 Å². The van der Waals surface area contributed by atoms with Crippen molar-refractivity contribution in [1.29, 1.82) is 0 Å². The average Bonchev–Trinajstić information content (AvgIpc) is 3.18. The first kappa shape index (κ1) is 27.0. The lowest BCUT2D eigenvalue weighted by Gasteiger charge is -2.34. The van der Waals surface area contributed by atoms with Crippen molar-refractivity contribution in [2.75, 3.05) is 6.54 Å². The number of unbranched alkanes of at least 4 members (excludes halogenated alkanes) is 3. The lowest BCUT2D eigenvalue weighted by Crippen LogP contribution is -2.50. The van der Waals surface area contributed by atoms with E-state index < -0.39 is 23.8 Å². The summed E-state index contributed by atoms with van der Waals surface area (Å²) >= 11 is 0. The zero-order valence-electron chi connectivity index (χ0n) is 20.9. The zero-order chi connectivity index (χ0) is 24.8. The molecule has 1 saturated carbocycles. The van der Waals surface area contributed by atoms with E-state index in [1.54, 1.807) is 0 Å². The molecule has 0 aromatic heterocycles. The molecule has 3 N–H and O–H groups in total. The predicted octanol–water partition coefficient (Wildman–Crippen LogP) is 4.05. The number of likely N-dealkylation sites (tertiary alicyclic amines) is 1. The Morgan fingerprint density at radius 2 is 1.97 bits per heavy atom. The largest absolute Gasteiger partial charge is 0.444 e. The van der Waals surface area contributed by atoms with Crippen molar-refractivity contribution in [2.45, 2.75) is 102 Å². The fourth-order valence-corrected chi connectivity index (χ4v) is 4.42. The summed E-state index contributed by atoms with van der Waals surface area (Å²) in [5.41, 5.74) is -0.269. The average molecular weight is 462 g/mol. The van der Waals surface area contributed by atoms with Gasteiger partial charge in [0.25, 0.3) is 0 Å². The van der Waals surface area contributed by atoms with Crippen LogP contribution >= 0.6 is 0 Å². The van der Waals surface area contributed by atoms with Gasteiger partial charge in [-0.15, -0.1) is 13.2 Å². The molecule has 0 aromatic rings. The van der Waals surface area contributed by atoms with Crippen molar-refractivity contribution in [3.63, 3.8) is 0 Å². The Balaban J connectivity index is 2.09. The molecule has 1 saturated heterocycles. The Morgan fingerprint density at radius 3 is 2.55 bits per heavy atom. The Morgan fingerprint density at radius 1 is 1.27 bits per heavy atom. The monoisotopic (exact) mass is 461 g/mol. The fraction of sp³-hybridized carbons (Fsp3) is 0.692. The van der Waals surface area contributed by atoms with Crippen LogP contribution in [-0.4, -0.2) is 57.9 Å². The minimum absolute atomic E-state index is 0.124. The van der Waals surface area contributed by atoms with Crippen molar-refractivity contribution in [1.82, 2.24) is 15.5 Å². The Kier molecular flexibility index (Phi) is 9.18. The normalized spacial score (nSPS) is 27.4. The van der Waals surface area contributed by atoms with E-state index in [2.05, 4.69) is 30.4 Å². The molecule has 1 aliphatic heterocycles. The molecule has 0 spiro atoms. The molecule has 2 fully saturated rings. The molecule has 7 nitrogen and oxygen atoms in total. The van der Waals surface area contributed by atoms with Gasteiger partial charge >= 0.3 is 6.09 Å². The van der Waals surface area contributed by atoms with E-state index in [0.29, 0.717) is 25.1 Å². The number of ether oxygens (including phenoxy) is 1. The van der Waals surface area contributed by atoms with Crippen LogP contribution in [0.2, 0.25) is 0 Å². The maximum atomic E-state index is 13.1. The molecule has 0 bridgehead atoms. The molecule has 186 valence electrons. The number of aliphatic hydroxyl groups excluding tert-OH is 1. The van der Waals surface area contributed by atoms with Gasteiger partial charge in [0.1, 0.15) is 11.6 Å². The van der Waals surface area contributed by atoms with Crippen molar-refractivity contribution in [3.8, 4) is 0 Å². The summed E-state index contributed by atoms with van der Waals surface area (Å²) in [4.78, 5) is 27.5. The van der Waals surface area contributed by atoms with Gasteiger partial charge in [0.15, 0.2) is 0 Å². The molecule has 7 heteroatoms. The molecular formula is C26H43N3O4. The number of nitrogens with zero attached hydrogens (tertiary/aromatic N) is 1. The van der Waals surface area contributed by atoms with Crippen LogP contribution in [0.1, 0.15) is 72.6 Å². The van der Waals surface area contributed by atoms with Crippen molar-refractivity contribution in [3.05, 3.63) is 37.6 Å². The highest BCUT2D eigenvalue weighted by Crippen LogP contribution is 2.44. The van der Waals surface area contributed by atoms with Gasteiger partial charge in [0.05, 0.1) is 12.1 Å². The molecule has 5 atom stereocenters. The molecule has 2 rings (SSSR count). The summed E-state index contributed by atoms with van der Waals surface area (Å²) in [7, 11) is 0. The minimum atomic E-state index is -0.630. The van der Waals surface area contributed by atoms with Crippen LogP contribution in [0.15, 0.2) is 37.6 Å². The highest BCUT2D eigenvalue weighted by molar-refractivity contribution is 5.83. The van der Waals surface area contributed by atoms with E-state index in [-0.39, 0.29) is 23.4 Å². The molecular weight excluding hydrogens is 418 g/mol. The number of hydrogen-bond donors (Lipinski definition) is 3. The van der Waals surface area contributed by atoms with E-state index >= 15 is 0 Å². The minimum Gasteiger partial charge on any atom is -0.444 e. The maximum absolute atomic E-state index is 13.1. The van der Waals surface area contributed by atoms with Gasteiger partial charge < -0.3 is 25.4 Å². The van der Waals surface area contributed by atoms with Gasteiger partial charge in [-0.25, -0.2) is 4.79 Å². The van der Waals surface area contributed by atoms with Crippen molar-refractivity contribution < 1.29 is 19.4 Å². The number of carbonyl (C=O) groups is 2. The van der Waals surface area contributed by atoms with Crippen LogP contribution in [0.4, 0.5) is 4.79 Å². The first-order valence-corrected chi connectivity index (χ1v) is 12.1. The van der Waals surface area contributed by atoms with Crippen LogP contribution < -0.4 is 10.6 Å². The molecule has 33 heavy (non-hydrogen) atoms. The second-order valence-corrected chi connectivity index (χ2v) is 10.6. The maximum Gasteiger partial charge on any atom is 0.408 e. The third-order valence-corrected chi connectivity index (χ3v) is 6.44. The third-order valence-electron chi connectivity index (χ3n) is 6.44. The van der Waals surface area contributed by atoms with Gasteiger partial charge in [0, 0.05) is 30.1 Å². The molecule has 1 aliphatic carbocycles. The number of alkyl carbamates (subject to hydrolysis) is 1. The van der Waals surface area contributed by atoms with Crippen molar-refractivity contribution in [2.24, 2.45) is 5.92 Å². The second-order valence-electron chi connectivity index (χ2n) is 10.6. The number of amides is 2. The fourth-order valence-electron chi connectivity index (χ4n) is 4.42. The summed E-state index contributed by atoms with van der Waals surface area (Å²) in [5, 5.41) is 16.4. The quantitative estimate of drug-likeness (QED) is 0.301. The first-order chi connectivity index (χ1) is 15.4. The highest BCUT2D eigenvalue weighted by atomic mass is 16.6. The molecule has 2 amide bonds. The SMILES string of the molecule is C=CCCCCC[C@H](NC(=O)OC(C)(C)C)C(=C)N1C[C@H](O)C[C@H]1C(=O)N[C@]1(C)C[C@H]1C=C. The molecule has 0 unspecified atom stereocenters. The second kappa shape index (κ2) is 11.2. The van der Waals surface area contributed by atoms with E-state index in [1.165, 1.54) is 0 Å². The number of β-amino-alcohol motifs (C(OH)–C–C–N with tert-alkyl or cyclic N) is 1. The summed E-state index contributed by atoms with van der Waals surface area (Å²) in [6.45, 7) is 19.6. The number of nitrogens with one attached hydrogen (secondary N) is 2. The smallest absolute Gasteiger partial charge is 0.408 e. The van der Waals surface area contributed by atoms with Gasteiger partial charge in [-0.1, -0.05) is 31.6 Å². The lowest BCUT2D eigenvalue weighted by molar-refractivity contribution is -0.126. The van der Waals surface area contributed by atoms with Crippen LogP contribution in [0, 0.1) is 5.92 Å². The number of rotatable bonds is 12. The Labute approximate surface area is 199 Å². The molecule has 0 radical (unpaired) electrons. The standard InChI is InChI=1S/C26H43N3O4/c1-8-10-11-12-13-14-21(27-24(32)33-25(4,5)6)18(3)29-17-20(30)15-22(29)23(31)28-26(7)16-19(26)9-2/h8-9,19-22,30H,1-3,10-17H2,4-7H3,(H,27,32)(H,28,31)/t19-,20-,21+,22+,26-/m1/s1. The summed E-state index contributed by atoms with van der Waals surface area (Å²) < 4.78 is 5.46. The van der Waals surface area contributed by atoms with E-state index in [1.807, 2.05) is 44.7 Å². The Hall–Kier alpha value is -2.28. The Bertz CT molecular complexity index is 744. The van der Waals surface area contributed by atoms with Crippen LogP contribution in [0.5, 0.6) is 0 Å². The van der Waals surface area contributed by atoms with Gasteiger partial charge in [-0.2, -0.15) is 0 Å². The van der Waals surface area contributed by atoms with E-state index in [0.717, 1.165) is 32.1 Å². The predicted molar refractivity (Wildman–Crippen MR) is 132 cm³/mol. The van der Waals surface area contributed by atoms with E-state index in [4.69, 9.17) is 4.74 Å². The summed E-state index contributed by atoms with van der Waals surface area (Å²) in [6, 6.07) is -0.916. The van der Waals surface area contributed by atoms with Gasteiger partial charge in [0.2, 0.25) is 5.91 Å². The van der Waals surface area contributed by atoms with E-state index in [9.17, 15) is 14.7 Å². The highest BCUT2D eigenvalue weighted by Gasteiger charge is 2.51. The van der Waals surface area contributed by atoms with Gasteiger partial charge in [-0.05, 0) is 53.4 Å². The third kappa shape index (κ3) is 7.91. The molecule has 1 heterocycles. The van der Waals surface area contributed by atoms with Gasteiger partial charge in [-0.3, -0.25) is 4.79 Å². The summed E-state index contributed by atoms with van der Waals surface area (Å²) in [6.07, 6.45) is 8.38. The molecule has 0 aromatic carbocycles. The van der Waals surface area contributed by atoms with Crippen LogP contribution in [0.25, 0.3) is 0 Å². The van der Waals surface area contributed by atoms with Crippen molar-refractivity contribution >= 4 is 12.0 Å². The number of hydrogen-bond acceptors (Lipinski definition) is 5. The zero-order valence-corrected chi connectivity index (χ0v) is 20.9. The number of allylic oxidation sites excluding steroid dienone is 1. The molecule has 2 aliphatic rings. The first-order valence-electron chi connectivity index (χ1n) is 12.1. The number of aliphatic hydroxyl groups is 1. The lowest BCUT2D eigenvalue weighted by atomic mass is 10.0.